The monoisotopic (exact) mass is 776 g/mol. The number of aliphatic hydroxyl groups excluding tert-OH is 10. The van der Waals surface area contributed by atoms with E-state index in [0.717, 1.165) is 19.3 Å². The number of hydrogen-bond acceptors (Lipinski definition) is 14. The number of carbonyl (C=O) groups excluding carboxylic acids is 1. The summed E-state index contributed by atoms with van der Waals surface area (Å²) in [5, 5.41) is 102. The van der Waals surface area contributed by atoms with E-state index in [1.165, 1.54) is 13.0 Å². The van der Waals surface area contributed by atoms with Crippen molar-refractivity contribution in [1.29, 1.82) is 0 Å². The van der Waals surface area contributed by atoms with Gasteiger partial charge in [0.25, 0.3) is 0 Å². The van der Waals surface area contributed by atoms with Crippen molar-refractivity contribution in [2.45, 2.75) is 156 Å². The summed E-state index contributed by atoms with van der Waals surface area (Å²) in [6, 6.07) is 0. The van der Waals surface area contributed by atoms with Gasteiger partial charge < -0.3 is 65.3 Å². The van der Waals surface area contributed by atoms with E-state index >= 15 is 0 Å². The molecule has 54 heavy (non-hydrogen) atoms. The molecule has 14 nitrogen and oxygen atoms in total. The number of rotatable bonds is 23. The molecule has 1 saturated heterocycles. The van der Waals surface area contributed by atoms with Crippen LogP contribution in [0.4, 0.5) is 0 Å². The van der Waals surface area contributed by atoms with Gasteiger partial charge in [-0.3, -0.25) is 0 Å². The zero-order chi connectivity index (χ0) is 41.6. The maximum Gasteiger partial charge on any atom is 0.333 e. The Morgan fingerprint density at radius 3 is 1.78 bits per heavy atom. The van der Waals surface area contributed by atoms with E-state index in [1.807, 2.05) is 19.9 Å². The molecular weight excluding hydrogens is 704 g/mol. The Labute approximate surface area is 321 Å². The normalized spacial score (nSPS) is 28.5. The zero-order valence-corrected chi connectivity index (χ0v) is 33.9. The molecule has 0 spiro atoms. The van der Waals surface area contributed by atoms with Gasteiger partial charge in [-0.15, -0.1) is 0 Å². The fourth-order valence-corrected chi connectivity index (χ4v) is 7.16. The minimum Gasteiger partial charge on any atom is -0.459 e. The van der Waals surface area contributed by atoms with E-state index in [2.05, 4.69) is 20.8 Å². The summed E-state index contributed by atoms with van der Waals surface area (Å²) in [5.74, 6) is -1.23. The van der Waals surface area contributed by atoms with Crippen molar-refractivity contribution in [3.8, 4) is 0 Å². The Hall–Kier alpha value is -1.79. The third kappa shape index (κ3) is 15.3. The standard InChI is InChI=1S/C40H72O14/c1-11-20(2)12-21(3)13-26(8)38(54-40-37(50)36(49)35(48)31(18-42)53-40)27(9)15-24(6)32(45)22(4)14-23(5)33(46)25(7)16-28(10)39(51)52-19-30(44)34(47)29(43)17-41/h14-16,20-22,25-27,29-38,40-50H,11-13,17-19H2,1-10H3/b23-14+,24-15+,28-16+/t20?,21?,22?,25?,26?,27?,29?,30?,31?,32?,33?,34-,35-,36+,37-,38?,40?/m1/s1. The summed E-state index contributed by atoms with van der Waals surface area (Å²) < 4.78 is 17.1. The van der Waals surface area contributed by atoms with Crippen LogP contribution in [0.2, 0.25) is 0 Å². The molecule has 316 valence electrons. The molecule has 17 atom stereocenters. The molecule has 0 aromatic rings. The highest BCUT2D eigenvalue weighted by Crippen LogP contribution is 2.33. The van der Waals surface area contributed by atoms with Crippen molar-refractivity contribution in [2.24, 2.45) is 35.5 Å². The second kappa shape index (κ2) is 24.1. The van der Waals surface area contributed by atoms with Gasteiger partial charge in [-0.05, 0) is 62.5 Å². The summed E-state index contributed by atoms with van der Waals surface area (Å²) in [6.45, 7) is 17.0. The highest BCUT2D eigenvalue weighted by Gasteiger charge is 2.45. The number of aliphatic hydroxyl groups is 10. The first-order valence-corrected chi connectivity index (χ1v) is 19.3. The van der Waals surface area contributed by atoms with Crippen molar-refractivity contribution in [1.82, 2.24) is 0 Å². The fourth-order valence-electron chi connectivity index (χ4n) is 7.16. The van der Waals surface area contributed by atoms with E-state index in [9.17, 15) is 50.8 Å². The van der Waals surface area contributed by atoms with Crippen LogP contribution >= 0.6 is 0 Å². The first kappa shape index (κ1) is 50.2. The smallest absolute Gasteiger partial charge is 0.333 e. The number of carbonyl (C=O) groups is 1. The van der Waals surface area contributed by atoms with Crippen molar-refractivity contribution in [2.75, 3.05) is 19.8 Å². The van der Waals surface area contributed by atoms with Crippen LogP contribution in [-0.4, -0.2) is 144 Å². The summed E-state index contributed by atoms with van der Waals surface area (Å²) in [5.41, 5.74) is 1.33. The van der Waals surface area contributed by atoms with Gasteiger partial charge in [-0.2, -0.15) is 0 Å². The molecule has 1 rings (SSSR count). The van der Waals surface area contributed by atoms with E-state index < -0.39 is 105 Å². The molecule has 13 unspecified atom stereocenters. The van der Waals surface area contributed by atoms with Gasteiger partial charge in [0, 0.05) is 23.3 Å². The molecule has 0 aliphatic carbocycles. The topological polar surface area (TPSA) is 247 Å². The summed E-state index contributed by atoms with van der Waals surface area (Å²) >= 11 is 0. The molecule has 0 radical (unpaired) electrons. The van der Waals surface area contributed by atoms with Gasteiger partial charge in [-0.25, -0.2) is 4.79 Å². The third-order valence-electron chi connectivity index (χ3n) is 10.7. The minimum atomic E-state index is -1.71. The Morgan fingerprint density at radius 2 is 1.26 bits per heavy atom. The summed E-state index contributed by atoms with van der Waals surface area (Å²) in [4.78, 5) is 12.5. The van der Waals surface area contributed by atoms with Crippen LogP contribution in [0.5, 0.6) is 0 Å². The summed E-state index contributed by atoms with van der Waals surface area (Å²) in [7, 11) is 0. The molecule has 14 heteroatoms. The van der Waals surface area contributed by atoms with Gasteiger partial charge >= 0.3 is 5.97 Å². The van der Waals surface area contributed by atoms with Crippen LogP contribution in [0.15, 0.2) is 34.9 Å². The molecule has 0 amide bonds. The second-order valence-electron chi connectivity index (χ2n) is 15.9. The molecule has 0 aromatic heterocycles. The van der Waals surface area contributed by atoms with Gasteiger partial charge in [0.15, 0.2) is 6.29 Å². The molecule has 0 bridgehead atoms. The Kier molecular flexibility index (Phi) is 22.4. The van der Waals surface area contributed by atoms with E-state index in [0.29, 0.717) is 23.0 Å². The highest BCUT2D eigenvalue weighted by molar-refractivity contribution is 5.87. The Bertz CT molecular complexity index is 1190. The average Bonchev–Trinajstić information content (AvgIpc) is 3.13. The molecule has 0 saturated carbocycles. The van der Waals surface area contributed by atoms with Crippen molar-refractivity contribution in [3.63, 3.8) is 0 Å². The van der Waals surface area contributed by atoms with E-state index in [-0.39, 0.29) is 17.4 Å². The van der Waals surface area contributed by atoms with Crippen LogP contribution in [0.25, 0.3) is 0 Å². The number of hydrogen-bond donors (Lipinski definition) is 10. The highest BCUT2D eigenvalue weighted by atomic mass is 16.7. The second-order valence-corrected chi connectivity index (χ2v) is 15.9. The zero-order valence-electron chi connectivity index (χ0n) is 33.9. The molecular formula is C40H72O14. The first-order valence-electron chi connectivity index (χ1n) is 19.3. The quantitative estimate of drug-likeness (QED) is 0.0400. The van der Waals surface area contributed by atoms with Crippen LogP contribution in [-0.2, 0) is 19.0 Å². The predicted octanol–water partition coefficient (Wildman–Crippen LogP) is 1.36. The molecule has 10 N–H and O–H groups in total. The maximum atomic E-state index is 12.5. The lowest BCUT2D eigenvalue weighted by atomic mass is 9.82. The van der Waals surface area contributed by atoms with Gasteiger partial charge in [0.05, 0.1) is 31.5 Å². The van der Waals surface area contributed by atoms with Gasteiger partial charge in [-0.1, -0.05) is 73.1 Å². The average molecular weight is 777 g/mol. The van der Waals surface area contributed by atoms with Gasteiger partial charge in [0.1, 0.15) is 49.3 Å². The van der Waals surface area contributed by atoms with Crippen molar-refractivity contribution in [3.05, 3.63) is 34.9 Å². The molecule has 1 aliphatic heterocycles. The Morgan fingerprint density at radius 1 is 0.722 bits per heavy atom. The lowest BCUT2D eigenvalue weighted by molar-refractivity contribution is -0.317. The first-order chi connectivity index (χ1) is 25.1. The van der Waals surface area contributed by atoms with Crippen LogP contribution in [0, 0.1) is 35.5 Å². The molecule has 1 fully saturated rings. The van der Waals surface area contributed by atoms with Crippen molar-refractivity contribution >= 4 is 5.97 Å². The SMILES string of the molecule is CCC(C)CC(C)CC(C)C(OC1OC(CO)[C@@H](O)[C@H](O)[C@H]1O)C(C)/C=C(\C)C(O)C(C)/C=C(\C)C(O)C(C)/C=C(\C)C(=O)OCC(O)[C@H](O)C(O)CO. The number of ether oxygens (including phenoxy) is 3. The predicted molar refractivity (Wildman–Crippen MR) is 202 cm³/mol. The van der Waals surface area contributed by atoms with Crippen molar-refractivity contribution < 1.29 is 70.1 Å². The molecule has 1 heterocycles. The van der Waals surface area contributed by atoms with E-state index in [4.69, 9.17) is 19.3 Å². The molecule has 1 aliphatic rings. The Balaban J connectivity index is 3.13. The van der Waals surface area contributed by atoms with E-state index in [1.54, 1.807) is 33.8 Å². The largest absolute Gasteiger partial charge is 0.459 e. The minimum absolute atomic E-state index is 0.0477. The van der Waals surface area contributed by atoms with Crippen LogP contribution < -0.4 is 0 Å². The van der Waals surface area contributed by atoms with Crippen LogP contribution in [0.3, 0.4) is 0 Å². The summed E-state index contributed by atoms with van der Waals surface area (Å²) in [6.07, 6.45) is -6.45. The fraction of sp³-hybridized carbons (Fsp3) is 0.825. The lowest BCUT2D eigenvalue weighted by Crippen LogP contribution is -2.60. The number of esters is 1. The molecule has 0 aromatic carbocycles. The third-order valence-corrected chi connectivity index (χ3v) is 10.7. The maximum absolute atomic E-state index is 12.5. The van der Waals surface area contributed by atoms with Gasteiger partial charge in [0.2, 0.25) is 0 Å². The van der Waals surface area contributed by atoms with Crippen LogP contribution in [0.1, 0.15) is 88.5 Å². The lowest BCUT2D eigenvalue weighted by Gasteiger charge is -2.42.